The first-order valence-corrected chi connectivity index (χ1v) is 12.3. The van der Waals surface area contributed by atoms with Gasteiger partial charge in [0.25, 0.3) is 5.56 Å². The van der Waals surface area contributed by atoms with Crippen LogP contribution in [0.5, 0.6) is 0 Å². The van der Waals surface area contributed by atoms with Crippen molar-refractivity contribution in [2.24, 2.45) is 0 Å². The fourth-order valence-corrected chi connectivity index (χ4v) is 5.60. The predicted molar refractivity (Wildman–Crippen MR) is 126 cm³/mol. The molecule has 3 aromatic rings. The van der Waals surface area contributed by atoms with E-state index in [9.17, 15) is 22.8 Å². The first kappa shape index (κ1) is 23.7. The minimum Gasteiger partial charge on any atom is -0.378 e. The van der Waals surface area contributed by atoms with Crippen molar-refractivity contribution in [3.63, 3.8) is 0 Å². The Hall–Kier alpha value is -2.99. The third kappa shape index (κ3) is 4.76. The Kier molecular flexibility index (Phi) is 6.49. The number of carbonyl (C=O) groups is 1. The highest BCUT2D eigenvalue weighted by Gasteiger charge is 2.40. The highest BCUT2D eigenvalue weighted by Crippen LogP contribution is 2.34. The maximum absolute atomic E-state index is 13.9. The number of fused-ring (bicyclic) bond motifs is 1. The predicted octanol–water partition coefficient (Wildman–Crippen LogP) is 3.01. The Bertz CT molecular complexity index is 1270. The van der Waals surface area contributed by atoms with Crippen LogP contribution >= 0.6 is 11.3 Å². The van der Waals surface area contributed by atoms with E-state index in [0.717, 1.165) is 23.3 Å². The minimum absolute atomic E-state index is 0.0558. The average Bonchev–Trinajstić information content (AvgIpc) is 3.50. The molecular weight excluding hydrogens is 483 g/mol. The lowest BCUT2D eigenvalue weighted by Crippen LogP contribution is -2.51. The molecule has 2 aromatic heterocycles. The Morgan fingerprint density at radius 1 is 1.11 bits per heavy atom. The number of hydrogen-bond acceptors (Lipinski definition) is 8. The summed E-state index contributed by atoms with van der Waals surface area (Å²) in [6, 6.07) is 9.29. The lowest BCUT2D eigenvalue weighted by molar-refractivity contribution is -0.148. The Morgan fingerprint density at radius 2 is 1.86 bits per heavy atom. The van der Waals surface area contributed by atoms with Gasteiger partial charge < -0.3 is 14.6 Å². The van der Waals surface area contributed by atoms with Crippen LogP contribution in [0.15, 0.2) is 35.1 Å². The number of aromatic nitrogens is 3. The minimum atomic E-state index is -4.82. The van der Waals surface area contributed by atoms with Gasteiger partial charge in [0.05, 0.1) is 32.3 Å². The highest BCUT2D eigenvalue weighted by atomic mass is 32.1. The first-order valence-electron chi connectivity index (χ1n) is 11.5. The van der Waals surface area contributed by atoms with E-state index >= 15 is 0 Å². The Balaban J connectivity index is 1.46. The normalized spacial score (nSPS) is 19.0. The van der Waals surface area contributed by atoms with E-state index < -0.39 is 23.6 Å². The molecule has 35 heavy (non-hydrogen) atoms. The Morgan fingerprint density at radius 3 is 2.57 bits per heavy atom. The molecule has 2 saturated heterocycles. The van der Waals surface area contributed by atoms with E-state index in [-0.39, 0.29) is 42.4 Å². The van der Waals surface area contributed by atoms with Gasteiger partial charge in [0.2, 0.25) is 5.82 Å². The quantitative estimate of drug-likeness (QED) is 0.508. The van der Waals surface area contributed by atoms with Crippen molar-refractivity contribution in [2.45, 2.75) is 37.9 Å². The van der Waals surface area contributed by atoms with Gasteiger partial charge in [-0.1, -0.05) is 41.7 Å². The van der Waals surface area contributed by atoms with E-state index in [4.69, 9.17) is 4.74 Å². The maximum atomic E-state index is 13.9. The largest absolute Gasteiger partial charge is 0.451 e. The van der Waals surface area contributed by atoms with Crippen molar-refractivity contribution >= 4 is 32.6 Å². The summed E-state index contributed by atoms with van der Waals surface area (Å²) >= 11 is 0.925. The van der Waals surface area contributed by atoms with Crippen LogP contribution in [-0.2, 0) is 22.1 Å². The third-order valence-corrected chi connectivity index (χ3v) is 7.28. The smallest absolute Gasteiger partial charge is 0.378 e. The molecule has 0 N–H and O–H groups in total. The number of Topliss-reactive ketones (excluding diaryl/α,β-unsaturated/α-hetero) is 1. The molecule has 12 heteroatoms. The van der Waals surface area contributed by atoms with E-state index in [0.29, 0.717) is 35.6 Å². The van der Waals surface area contributed by atoms with Gasteiger partial charge >= 0.3 is 6.18 Å². The molecule has 0 radical (unpaired) electrons. The number of thiazole rings is 1. The summed E-state index contributed by atoms with van der Waals surface area (Å²) in [6.45, 7) is 1.25. The van der Waals surface area contributed by atoms with Gasteiger partial charge in [0.15, 0.2) is 21.3 Å². The fourth-order valence-electron chi connectivity index (χ4n) is 4.59. The van der Waals surface area contributed by atoms with Crippen molar-refractivity contribution in [3.8, 4) is 0 Å². The average molecular weight is 508 g/mol. The zero-order valence-corrected chi connectivity index (χ0v) is 19.6. The highest BCUT2D eigenvalue weighted by molar-refractivity contribution is 7.21. The van der Waals surface area contributed by atoms with Crippen LogP contribution in [0.4, 0.5) is 18.3 Å². The zero-order valence-electron chi connectivity index (χ0n) is 18.8. The van der Waals surface area contributed by atoms with Crippen LogP contribution in [0.1, 0.15) is 30.7 Å². The molecule has 0 amide bonds. The van der Waals surface area contributed by atoms with Crippen molar-refractivity contribution in [2.75, 3.05) is 42.8 Å². The standard InChI is InChI=1S/C23H24F3N5O3S/c24-23(25,26)21-28-19-18(20(33)31(21)29-11-13-34-14-12-29)27-22(35-19)30-10-4-7-16(30)17(32)9-8-15-5-2-1-3-6-15/h1-3,5-6,16H,4,7-14H2/t16-/m1/s1. The summed E-state index contributed by atoms with van der Waals surface area (Å²) in [5.41, 5.74) is 0.0858. The SMILES string of the molecule is O=C(CCc1ccccc1)[C@H]1CCCN1c1nc2c(=O)n(N3CCOCC3)c(C(F)(F)F)nc2s1. The molecule has 2 aliphatic heterocycles. The van der Waals surface area contributed by atoms with Crippen LogP contribution in [0.3, 0.4) is 0 Å². The van der Waals surface area contributed by atoms with Crippen molar-refractivity contribution in [1.82, 2.24) is 14.6 Å². The summed E-state index contributed by atoms with van der Waals surface area (Å²) in [4.78, 5) is 36.2. The van der Waals surface area contributed by atoms with Crippen LogP contribution in [0.2, 0.25) is 0 Å². The van der Waals surface area contributed by atoms with Crippen molar-refractivity contribution in [3.05, 3.63) is 52.1 Å². The molecule has 0 bridgehead atoms. The molecule has 2 aliphatic rings. The third-order valence-electron chi connectivity index (χ3n) is 6.30. The van der Waals surface area contributed by atoms with Crippen molar-refractivity contribution < 1.29 is 22.7 Å². The van der Waals surface area contributed by atoms with Gasteiger partial charge in [-0.2, -0.15) is 17.8 Å². The monoisotopic (exact) mass is 507 g/mol. The number of rotatable bonds is 6. The number of morpholine rings is 1. The van der Waals surface area contributed by atoms with Gasteiger partial charge in [-0.05, 0) is 24.8 Å². The molecule has 0 spiro atoms. The second kappa shape index (κ2) is 9.57. The van der Waals surface area contributed by atoms with Crippen molar-refractivity contribution in [1.29, 1.82) is 0 Å². The molecule has 2 fully saturated rings. The Labute approximate surface area is 202 Å². The number of aryl methyl sites for hydroxylation is 1. The number of anilines is 1. The number of nitrogens with zero attached hydrogens (tertiary/aromatic N) is 5. The number of benzene rings is 1. The first-order chi connectivity index (χ1) is 16.8. The van der Waals surface area contributed by atoms with Crippen LogP contribution in [0, 0.1) is 0 Å². The van der Waals surface area contributed by atoms with E-state index in [1.54, 1.807) is 0 Å². The number of hydrogen-bond donors (Lipinski definition) is 0. The molecule has 8 nitrogen and oxygen atoms in total. The topological polar surface area (TPSA) is 80.6 Å². The van der Waals surface area contributed by atoms with Gasteiger partial charge in [-0.3, -0.25) is 9.59 Å². The van der Waals surface area contributed by atoms with E-state index in [1.807, 2.05) is 35.2 Å². The summed E-state index contributed by atoms with van der Waals surface area (Å²) in [5, 5.41) is 1.65. The van der Waals surface area contributed by atoms with Gasteiger partial charge in [-0.15, -0.1) is 0 Å². The van der Waals surface area contributed by atoms with E-state index in [2.05, 4.69) is 9.97 Å². The maximum Gasteiger partial charge on any atom is 0.451 e. The molecule has 1 atom stereocenters. The number of alkyl halides is 3. The second-order valence-electron chi connectivity index (χ2n) is 8.57. The lowest BCUT2D eigenvalue weighted by Gasteiger charge is -2.31. The molecular formula is C23H24F3N5O3S. The van der Waals surface area contributed by atoms with Crippen LogP contribution in [0.25, 0.3) is 10.3 Å². The van der Waals surface area contributed by atoms with E-state index in [1.165, 1.54) is 5.01 Å². The molecule has 186 valence electrons. The molecule has 5 rings (SSSR count). The summed E-state index contributed by atoms with van der Waals surface area (Å²) in [5.74, 6) is -1.22. The number of halogens is 3. The molecule has 0 saturated carbocycles. The molecule has 0 unspecified atom stereocenters. The lowest BCUT2D eigenvalue weighted by atomic mass is 10.0. The summed E-state index contributed by atoms with van der Waals surface area (Å²) < 4.78 is 47.4. The summed E-state index contributed by atoms with van der Waals surface area (Å²) in [7, 11) is 0. The van der Waals surface area contributed by atoms with Gasteiger partial charge in [-0.25, -0.2) is 9.97 Å². The van der Waals surface area contributed by atoms with Gasteiger partial charge in [0, 0.05) is 13.0 Å². The number of carbonyl (C=O) groups excluding carboxylic acids is 1. The van der Waals surface area contributed by atoms with Crippen LogP contribution in [-0.4, -0.2) is 59.3 Å². The van der Waals surface area contributed by atoms with Gasteiger partial charge in [0.1, 0.15) is 0 Å². The fraction of sp³-hybridized carbons (Fsp3) is 0.478. The molecule has 0 aliphatic carbocycles. The number of ether oxygens (including phenoxy) is 1. The molecule has 4 heterocycles. The summed E-state index contributed by atoms with van der Waals surface area (Å²) in [6.07, 6.45) is -2.44. The molecule has 1 aromatic carbocycles. The van der Waals surface area contributed by atoms with Crippen LogP contribution < -0.4 is 15.5 Å². The second-order valence-corrected chi connectivity index (χ2v) is 9.53. The number of ketones is 1. The zero-order chi connectivity index (χ0) is 24.6.